The van der Waals surface area contributed by atoms with Crippen LogP contribution in [0.2, 0.25) is 0 Å². The number of amides is 1. The van der Waals surface area contributed by atoms with Crippen molar-refractivity contribution in [2.24, 2.45) is 5.92 Å². The smallest absolute Gasteiger partial charge is 0.336 e. The molecule has 2 aliphatic rings. The lowest BCUT2D eigenvalue weighted by Crippen LogP contribution is -2.48. The lowest BCUT2D eigenvalue weighted by molar-refractivity contribution is -0.169. The molecule has 1 saturated heterocycles. The number of carbonyl (C=O) groups is 3. The molecule has 4 rings (SSSR count). The zero-order valence-electron chi connectivity index (χ0n) is 21.1. The lowest BCUT2D eigenvalue weighted by atomic mass is 9.83. The van der Waals surface area contributed by atoms with E-state index in [1.165, 1.54) is 29.4 Å². The van der Waals surface area contributed by atoms with Crippen LogP contribution < -0.4 is 0 Å². The summed E-state index contributed by atoms with van der Waals surface area (Å²) in [6, 6.07) is 4.81. The van der Waals surface area contributed by atoms with Crippen molar-refractivity contribution in [2.45, 2.75) is 49.9 Å². The Labute approximate surface area is 223 Å². The molecule has 12 heteroatoms. The van der Waals surface area contributed by atoms with Crippen LogP contribution in [-0.2, 0) is 37.7 Å². The standard InChI is InChI=1S/C26H32FN3O7S/c1-29(22(31)10-25(36,24(34)35)11-23(32)33)12-17(8-20-15-38-16-28-20)13-30-6-4-26(5-7-30)21-9-19(27)3-2-18(21)14-37-26/h2-3,9,15-17,36H,4-8,10-14H2,1H3,(H,32,33)(H,34,35). The molecule has 1 fully saturated rings. The van der Waals surface area contributed by atoms with Crippen molar-refractivity contribution in [2.75, 3.05) is 33.2 Å². The highest BCUT2D eigenvalue weighted by Gasteiger charge is 2.44. The quantitative estimate of drug-likeness (QED) is 0.384. The van der Waals surface area contributed by atoms with E-state index in [2.05, 4.69) is 9.88 Å². The summed E-state index contributed by atoms with van der Waals surface area (Å²) in [6.07, 6.45) is 0.0967. The monoisotopic (exact) mass is 549 g/mol. The summed E-state index contributed by atoms with van der Waals surface area (Å²) in [5, 5.41) is 30.5. The number of rotatable bonds is 11. The highest BCUT2D eigenvalue weighted by Crippen LogP contribution is 2.44. The number of carboxylic acids is 2. The first-order valence-corrected chi connectivity index (χ1v) is 13.4. The second-order valence-electron chi connectivity index (χ2n) is 10.3. The summed E-state index contributed by atoms with van der Waals surface area (Å²) in [4.78, 5) is 43.3. The molecule has 2 aromatic rings. The van der Waals surface area contributed by atoms with Gasteiger partial charge < -0.3 is 29.9 Å². The van der Waals surface area contributed by atoms with Crippen molar-refractivity contribution in [3.05, 3.63) is 51.7 Å². The molecule has 3 N–H and O–H groups in total. The van der Waals surface area contributed by atoms with Gasteiger partial charge in [0.15, 0.2) is 5.60 Å². The predicted molar refractivity (Wildman–Crippen MR) is 135 cm³/mol. The molecule has 1 aromatic carbocycles. The third kappa shape index (κ3) is 6.37. The summed E-state index contributed by atoms with van der Waals surface area (Å²) in [5.41, 5.74) is 1.39. The van der Waals surface area contributed by atoms with Crippen LogP contribution in [0.4, 0.5) is 4.39 Å². The van der Waals surface area contributed by atoms with Crippen molar-refractivity contribution in [1.82, 2.24) is 14.8 Å². The molecule has 0 aliphatic carbocycles. The molecular formula is C26H32FN3O7S. The Hall–Kier alpha value is -2.93. The van der Waals surface area contributed by atoms with Crippen LogP contribution in [0.15, 0.2) is 29.1 Å². The molecule has 2 aliphatic heterocycles. The number of benzene rings is 1. The molecule has 2 unspecified atom stereocenters. The summed E-state index contributed by atoms with van der Waals surface area (Å²) >= 11 is 1.47. The Kier molecular flexibility index (Phi) is 8.46. The number of carboxylic acid groups (broad SMARTS) is 2. The van der Waals surface area contributed by atoms with Gasteiger partial charge in [-0.1, -0.05) is 6.07 Å². The van der Waals surface area contributed by atoms with E-state index in [0.717, 1.165) is 29.9 Å². The molecule has 206 valence electrons. The number of thiazole rings is 1. The van der Waals surface area contributed by atoms with Crippen molar-refractivity contribution < 1.29 is 38.8 Å². The minimum atomic E-state index is -2.68. The molecule has 1 spiro atoms. The number of hydrogen-bond acceptors (Lipinski definition) is 8. The molecule has 1 amide bonds. The van der Waals surface area contributed by atoms with Crippen molar-refractivity contribution in [3.8, 4) is 0 Å². The average molecular weight is 550 g/mol. The first kappa shape index (κ1) is 28.1. The molecule has 10 nitrogen and oxygen atoms in total. The zero-order valence-corrected chi connectivity index (χ0v) is 22.0. The number of likely N-dealkylation sites (tertiary alicyclic amines) is 1. The molecule has 3 heterocycles. The van der Waals surface area contributed by atoms with Crippen LogP contribution in [-0.4, -0.2) is 86.8 Å². The van der Waals surface area contributed by atoms with Gasteiger partial charge >= 0.3 is 11.9 Å². The largest absolute Gasteiger partial charge is 0.481 e. The molecule has 0 radical (unpaired) electrons. The maximum atomic E-state index is 13.9. The first-order chi connectivity index (χ1) is 18.0. The maximum Gasteiger partial charge on any atom is 0.336 e. The Bertz CT molecular complexity index is 1170. The van der Waals surface area contributed by atoms with Crippen LogP contribution in [0, 0.1) is 11.7 Å². The van der Waals surface area contributed by atoms with E-state index in [1.54, 1.807) is 17.6 Å². The van der Waals surface area contributed by atoms with Crippen LogP contribution in [0.5, 0.6) is 0 Å². The first-order valence-electron chi connectivity index (χ1n) is 12.4. The summed E-state index contributed by atoms with van der Waals surface area (Å²) in [5.74, 6) is -4.24. The number of aromatic nitrogens is 1. The maximum absolute atomic E-state index is 13.9. The van der Waals surface area contributed by atoms with Crippen LogP contribution >= 0.6 is 11.3 Å². The van der Waals surface area contributed by atoms with Gasteiger partial charge in [0.2, 0.25) is 5.91 Å². The van der Waals surface area contributed by atoms with Gasteiger partial charge in [0.25, 0.3) is 0 Å². The molecule has 2 atom stereocenters. The second kappa shape index (κ2) is 11.4. The second-order valence-corrected chi connectivity index (χ2v) is 11.0. The number of nitrogens with zero attached hydrogens (tertiary/aromatic N) is 3. The third-order valence-electron chi connectivity index (χ3n) is 7.47. The van der Waals surface area contributed by atoms with E-state index in [-0.39, 0.29) is 18.3 Å². The average Bonchev–Trinajstić information content (AvgIpc) is 3.48. The van der Waals surface area contributed by atoms with Gasteiger partial charge in [-0.2, -0.15) is 0 Å². The summed E-state index contributed by atoms with van der Waals surface area (Å²) in [7, 11) is 1.52. The van der Waals surface area contributed by atoms with Gasteiger partial charge in [-0.15, -0.1) is 11.3 Å². The number of ether oxygens (including phenoxy) is 1. The molecule has 0 bridgehead atoms. The molecule has 0 saturated carbocycles. The molecular weight excluding hydrogens is 517 g/mol. The number of fused-ring (bicyclic) bond motifs is 2. The normalized spacial score (nSPS) is 19.0. The lowest BCUT2D eigenvalue weighted by Gasteiger charge is -2.40. The fourth-order valence-corrected chi connectivity index (χ4v) is 6.00. The minimum absolute atomic E-state index is 0.0493. The van der Waals surface area contributed by atoms with E-state index in [1.807, 2.05) is 5.38 Å². The van der Waals surface area contributed by atoms with Gasteiger partial charge in [0.1, 0.15) is 5.82 Å². The number of carbonyl (C=O) groups excluding carboxylic acids is 1. The third-order valence-corrected chi connectivity index (χ3v) is 8.11. The van der Waals surface area contributed by atoms with Crippen molar-refractivity contribution in [1.29, 1.82) is 0 Å². The topological polar surface area (TPSA) is 140 Å². The fraction of sp³-hybridized carbons (Fsp3) is 0.538. The van der Waals surface area contributed by atoms with Crippen molar-refractivity contribution >= 4 is 29.2 Å². The van der Waals surface area contributed by atoms with E-state index < -0.39 is 41.9 Å². The van der Waals surface area contributed by atoms with E-state index in [9.17, 15) is 29.0 Å². The minimum Gasteiger partial charge on any atom is -0.481 e. The summed E-state index contributed by atoms with van der Waals surface area (Å²) in [6.45, 7) is 2.82. The van der Waals surface area contributed by atoms with Gasteiger partial charge in [-0.3, -0.25) is 9.59 Å². The van der Waals surface area contributed by atoms with E-state index >= 15 is 0 Å². The number of aliphatic carboxylic acids is 2. The van der Waals surface area contributed by atoms with Gasteiger partial charge in [-0.05, 0) is 48.4 Å². The fourth-order valence-electron chi connectivity index (χ4n) is 5.43. The predicted octanol–water partition coefficient (Wildman–Crippen LogP) is 2.10. The van der Waals surface area contributed by atoms with Crippen LogP contribution in [0.1, 0.15) is 42.5 Å². The highest BCUT2D eigenvalue weighted by molar-refractivity contribution is 7.07. The number of halogens is 1. The Balaban J connectivity index is 1.40. The highest BCUT2D eigenvalue weighted by atomic mass is 32.1. The van der Waals surface area contributed by atoms with Gasteiger partial charge in [0.05, 0.1) is 36.3 Å². The van der Waals surface area contributed by atoms with Gasteiger partial charge in [-0.25, -0.2) is 14.2 Å². The van der Waals surface area contributed by atoms with Gasteiger partial charge in [0, 0.05) is 38.6 Å². The Morgan fingerprint density at radius 2 is 2.00 bits per heavy atom. The van der Waals surface area contributed by atoms with Crippen LogP contribution in [0.3, 0.4) is 0 Å². The van der Waals surface area contributed by atoms with Crippen molar-refractivity contribution in [3.63, 3.8) is 0 Å². The molecule has 1 aromatic heterocycles. The number of hydrogen-bond donors (Lipinski definition) is 3. The molecule has 38 heavy (non-hydrogen) atoms. The summed E-state index contributed by atoms with van der Waals surface area (Å²) < 4.78 is 20.1. The number of aliphatic hydroxyl groups is 1. The Morgan fingerprint density at radius 3 is 2.63 bits per heavy atom. The van der Waals surface area contributed by atoms with E-state index in [0.29, 0.717) is 32.4 Å². The SMILES string of the molecule is CN(CC(Cc1cscn1)CN1CCC2(CC1)OCc1ccc(F)cc12)C(=O)CC(O)(CC(=O)O)C(=O)O. The van der Waals surface area contributed by atoms with E-state index in [4.69, 9.17) is 9.84 Å². The Morgan fingerprint density at radius 1 is 1.26 bits per heavy atom. The van der Waals surface area contributed by atoms with Crippen LogP contribution in [0.25, 0.3) is 0 Å². The number of piperidine rings is 1. The zero-order chi connectivity index (χ0) is 27.5.